The number of rotatable bonds is 6. The number of benzene rings is 2. The summed E-state index contributed by atoms with van der Waals surface area (Å²) in [5.74, 6) is -0.460. The summed E-state index contributed by atoms with van der Waals surface area (Å²) in [7, 11) is -3.82. The fourth-order valence-corrected chi connectivity index (χ4v) is 6.09. The normalized spacial score (nSPS) is 16.9. The van der Waals surface area contributed by atoms with E-state index in [1.54, 1.807) is 6.21 Å². The molecule has 178 valence electrons. The number of hydrogen-bond acceptors (Lipinski definition) is 4. The van der Waals surface area contributed by atoms with Crippen molar-refractivity contribution in [2.24, 2.45) is 5.10 Å². The Balaban J connectivity index is 1.48. The first-order valence-corrected chi connectivity index (χ1v) is 12.9. The molecule has 1 saturated heterocycles. The third kappa shape index (κ3) is 4.90. The number of hydrogen-bond donors (Lipinski definition) is 1. The van der Waals surface area contributed by atoms with Crippen molar-refractivity contribution in [1.82, 2.24) is 14.3 Å². The predicted octanol–water partition coefficient (Wildman–Crippen LogP) is 4.70. The molecular weight excluding hydrogens is 495 g/mol. The van der Waals surface area contributed by atoms with Gasteiger partial charge in [-0.15, -0.1) is 0 Å². The Morgan fingerprint density at radius 2 is 1.68 bits per heavy atom. The monoisotopic (exact) mass is 518 g/mol. The highest BCUT2D eigenvalue weighted by molar-refractivity contribution is 7.89. The molecule has 1 fully saturated rings. The molecule has 1 N–H and O–H groups in total. The second-order valence-corrected chi connectivity index (χ2v) is 10.9. The summed E-state index contributed by atoms with van der Waals surface area (Å²) in [5, 5.41) is 5.22. The van der Waals surface area contributed by atoms with E-state index in [2.05, 4.69) is 15.1 Å². The highest BCUT2D eigenvalue weighted by atomic mass is 35.5. The standard InChI is InChI=1S/C24H24Cl2N4O3S/c1-16-14-18(17(2)30(16)21-9-5-19(25)6-10-21)15-27-28-24(31)23-4-3-13-29(23)34(32,33)22-11-7-20(26)8-12-22/h5-12,14-15,23H,3-4,13H2,1-2H3,(H,28,31)/b27-15-/t23-/m1/s1. The Kier molecular flexibility index (Phi) is 7.14. The van der Waals surface area contributed by atoms with Gasteiger partial charge in [-0.3, -0.25) is 4.79 Å². The minimum absolute atomic E-state index is 0.106. The van der Waals surface area contributed by atoms with Crippen LogP contribution in [0.15, 0.2) is 64.6 Å². The molecule has 1 aliphatic rings. The largest absolute Gasteiger partial charge is 0.318 e. The summed E-state index contributed by atoms with van der Waals surface area (Å²) in [4.78, 5) is 12.9. The Morgan fingerprint density at radius 1 is 1.06 bits per heavy atom. The maximum Gasteiger partial charge on any atom is 0.258 e. The molecule has 34 heavy (non-hydrogen) atoms. The Morgan fingerprint density at radius 3 is 2.32 bits per heavy atom. The lowest BCUT2D eigenvalue weighted by Crippen LogP contribution is -2.44. The average molecular weight is 519 g/mol. The molecule has 10 heteroatoms. The number of hydrazone groups is 1. The van der Waals surface area contributed by atoms with E-state index >= 15 is 0 Å². The number of aryl methyl sites for hydroxylation is 1. The van der Waals surface area contributed by atoms with Gasteiger partial charge in [-0.05, 0) is 81.3 Å². The van der Waals surface area contributed by atoms with Crippen LogP contribution in [0.2, 0.25) is 10.0 Å². The summed E-state index contributed by atoms with van der Waals surface area (Å²) in [6.45, 7) is 4.22. The van der Waals surface area contributed by atoms with Crippen LogP contribution in [0, 0.1) is 13.8 Å². The topological polar surface area (TPSA) is 83.8 Å². The number of nitrogens with zero attached hydrogens (tertiary/aromatic N) is 3. The molecule has 3 aromatic rings. The summed E-state index contributed by atoms with van der Waals surface area (Å²) in [6.07, 6.45) is 2.59. The van der Waals surface area contributed by atoms with Crippen LogP contribution >= 0.6 is 23.2 Å². The van der Waals surface area contributed by atoms with Gasteiger partial charge in [0.25, 0.3) is 5.91 Å². The summed E-state index contributed by atoms with van der Waals surface area (Å²) in [5.41, 5.74) is 6.28. The van der Waals surface area contributed by atoms with E-state index in [0.717, 1.165) is 22.6 Å². The molecule has 0 unspecified atom stereocenters. The third-order valence-electron chi connectivity index (χ3n) is 5.86. The van der Waals surface area contributed by atoms with Gasteiger partial charge in [-0.2, -0.15) is 9.41 Å². The maximum absolute atomic E-state index is 13.0. The molecule has 4 rings (SSSR count). The second-order valence-electron chi connectivity index (χ2n) is 8.10. The molecule has 7 nitrogen and oxygen atoms in total. The summed E-state index contributed by atoms with van der Waals surface area (Å²) < 4.78 is 29.4. The smallest absolute Gasteiger partial charge is 0.258 e. The molecule has 1 aromatic heterocycles. The van der Waals surface area contributed by atoms with Gasteiger partial charge in [0.15, 0.2) is 0 Å². The van der Waals surface area contributed by atoms with Crippen molar-refractivity contribution in [3.8, 4) is 5.69 Å². The lowest BCUT2D eigenvalue weighted by Gasteiger charge is -2.22. The number of halogens is 2. The highest BCUT2D eigenvalue weighted by Gasteiger charge is 2.39. The number of aromatic nitrogens is 1. The lowest BCUT2D eigenvalue weighted by atomic mass is 10.2. The number of sulfonamides is 1. The first-order chi connectivity index (χ1) is 16.2. The van der Waals surface area contributed by atoms with Crippen LogP contribution in [0.5, 0.6) is 0 Å². The average Bonchev–Trinajstić information content (AvgIpc) is 3.40. The van der Waals surface area contributed by atoms with Gasteiger partial charge in [-0.1, -0.05) is 23.2 Å². The summed E-state index contributed by atoms with van der Waals surface area (Å²) >= 11 is 11.9. The Bertz CT molecular complexity index is 1330. The lowest BCUT2D eigenvalue weighted by molar-refractivity contribution is -0.124. The molecule has 0 radical (unpaired) electrons. The first-order valence-electron chi connectivity index (χ1n) is 10.7. The molecular formula is C24H24Cl2N4O3S. The zero-order valence-electron chi connectivity index (χ0n) is 18.7. The number of carbonyl (C=O) groups is 1. The van der Waals surface area contributed by atoms with Gasteiger partial charge in [-0.25, -0.2) is 13.8 Å². The minimum atomic E-state index is -3.82. The molecule has 2 aromatic carbocycles. The van der Waals surface area contributed by atoms with Crippen molar-refractivity contribution in [3.63, 3.8) is 0 Å². The SMILES string of the molecule is Cc1cc(/C=N\NC(=O)[C@H]2CCCN2S(=O)(=O)c2ccc(Cl)cc2)c(C)n1-c1ccc(Cl)cc1. The van der Waals surface area contributed by atoms with Crippen LogP contribution in [0.4, 0.5) is 0 Å². The van der Waals surface area contributed by atoms with Gasteiger partial charge < -0.3 is 4.57 Å². The zero-order chi connectivity index (χ0) is 24.5. The van der Waals surface area contributed by atoms with Crippen LogP contribution in [0.3, 0.4) is 0 Å². The van der Waals surface area contributed by atoms with E-state index in [1.807, 2.05) is 44.2 Å². The van der Waals surface area contributed by atoms with Crippen molar-refractivity contribution in [1.29, 1.82) is 0 Å². The molecule has 0 bridgehead atoms. The fraction of sp³-hybridized carbons (Fsp3) is 0.250. The number of carbonyl (C=O) groups excluding carboxylic acids is 1. The molecule has 1 amide bonds. The van der Waals surface area contributed by atoms with Crippen LogP contribution in [-0.2, 0) is 14.8 Å². The predicted molar refractivity (Wildman–Crippen MR) is 134 cm³/mol. The van der Waals surface area contributed by atoms with Crippen LogP contribution in [-0.4, -0.2) is 42.0 Å². The van der Waals surface area contributed by atoms with Crippen molar-refractivity contribution in [2.75, 3.05) is 6.54 Å². The molecule has 2 heterocycles. The van der Waals surface area contributed by atoms with E-state index in [-0.39, 0.29) is 11.4 Å². The molecule has 1 aliphatic heterocycles. The van der Waals surface area contributed by atoms with Crippen LogP contribution in [0.1, 0.15) is 29.8 Å². The van der Waals surface area contributed by atoms with Crippen molar-refractivity contribution >= 4 is 45.3 Å². The number of amides is 1. The van der Waals surface area contributed by atoms with Gasteiger partial charge in [0.2, 0.25) is 10.0 Å². The van der Waals surface area contributed by atoms with E-state index in [1.165, 1.54) is 28.6 Å². The van der Waals surface area contributed by atoms with E-state index in [0.29, 0.717) is 22.9 Å². The van der Waals surface area contributed by atoms with Gasteiger partial charge >= 0.3 is 0 Å². The van der Waals surface area contributed by atoms with Crippen molar-refractivity contribution in [2.45, 2.75) is 37.6 Å². The molecule has 0 spiro atoms. The van der Waals surface area contributed by atoms with Gasteiger partial charge in [0, 0.05) is 39.2 Å². The van der Waals surface area contributed by atoms with Crippen LogP contribution in [0.25, 0.3) is 5.69 Å². The van der Waals surface area contributed by atoms with Gasteiger partial charge in [0.1, 0.15) is 6.04 Å². The minimum Gasteiger partial charge on any atom is -0.318 e. The third-order valence-corrected chi connectivity index (χ3v) is 8.29. The van der Waals surface area contributed by atoms with E-state index < -0.39 is 22.0 Å². The van der Waals surface area contributed by atoms with E-state index in [4.69, 9.17) is 23.2 Å². The number of nitrogens with one attached hydrogen (secondary N) is 1. The molecule has 0 aliphatic carbocycles. The van der Waals surface area contributed by atoms with Gasteiger partial charge in [0.05, 0.1) is 11.1 Å². The summed E-state index contributed by atoms with van der Waals surface area (Å²) in [6, 6.07) is 14.6. The molecule has 0 saturated carbocycles. The Hall–Kier alpha value is -2.65. The van der Waals surface area contributed by atoms with Crippen molar-refractivity contribution in [3.05, 3.63) is 81.6 Å². The van der Waals surface area contributed by atoms with Crippen LogP contribution < -0.4 is 5.43 Å². The van der Waals surface area contributed by atoms with E-state index in [9.17, 15) is 13.2 Å². The maximum atomic E-state index is 13.0. The quantitative estimate of drug-likeness (QED) is 0.379. The van der Waals surface area contributed by atoms with Crippen molar-refractivity contribution < 1.29 is 13.2 Å². The highest BCUT2D eigenvalue weighted by Crippen LogP contribution is 2.27. The fourth-order valence-electron chi connectivity index (χ4n) is 4.18. The first kappa shape index (κ1) is 24.5. The second kappa shape index (κ2) is 9.92. The molecule has 1 atom stereocenters. The Labute approximate surface area is 209 Å². The zero-order valence-corrected chi connectivity index (χ0v) is 21.0.